The molecule has 110 valence electrons. The number of carbonyl (C=O) groups is 1. The normalized spacial score (nSPS) is 22.3. The first kappa shape index (κ1) is 15.3. The van der Waals surface area contributed by atoms with Crippen LogP contribution in [0.4, 0.5) is 0 Å². The second kappa shape index (κ2) is 7.64. The molecule has 1 aliphatic rings. The number of amides is 1. The van der Waals surface area contributed by atoms with Gasteiger partial charge in [-0.2, -0.15) is 0 Å². The quantitative estimate of drug-likeness (QED) is 0.865. The van der Waals surface area contributed by atoms with Crippen LogP contribution in [0.5, 0.6) is 5.75 Å². The van der Waals surface area contributed by atoms with E-state index in [4.69, 9.17) is 4.74 Å². The molecular formula is C15H21BrN2O2. The van der Waals surface area contributed by atoms with Crippen molar-refractivity contribution < 1.29 is 9.53 Å². The van der Waals surface area contributed by atoms with Gasteiger partial charge in [0, 0.05) is 16.6 Å². The van der Waals surface area contributed by atoms with Gasteiger partial charge in [-0.05, 0) is 44.5 Å². The highest BCUT2D eigenvalue weighted by Gasteiger charge is 2.19. The summed E-state index contributed by atoms with van der Waals surface area (Å²) in [7, 11) is 0. The fourth-order valence-electron chi connectivity index (χ4n) is 2.38. The maximum Gasteiger partial charge on any atom is 0.223 e. The molecular weight excluding hydrogens is 320 g/mol. The molecule has 1 fully saturated rings. The molecule has 2 unspecified atom stereocenters. The lowest BCUT2D eigenvalue weighted by Gasteiger charge is -2.28. The molecule has 1 aromatic carbocycles. The number of hydrogen-bond acceptors (Lipinski definition) is 3. The zero-order valence-corrected chi connectivity index (χ0v) is 13.3. The Hall–Kier alpha value is -1.07. The highest BCUT2D eigenvalue weighted by molar-refractivity contribution is 9.10. The number of piperidine rings is 1. The third-order valence-electron chi connectivity index (χ3n) is 3.38. The highest BCUT2D eigenvalue weighted by atomic mass is 79.9. The van der Waals surface area contributed by atoms with Crippen molar-refractivity contribution in [3.05, 3.63) is 28.7 Å². The lowest BCUT2D eigenvalue weighted by atomic mass is 10.0. The summed E-state index contributed by atoms with van der Waals surface area (Å²) in [6.07, 6.45) is 2.39. The number of rotatable bonds is 5. The number of ether oxygens (including phenoxy) is 1. The van der Waals surface area contributed by atoms with Crippen LogP contribution in [-0.4, -0.2) is 31.1 Å². The number of halogens is 1. The van der Waals surface area contributed by atoms with E-state index in [1.54, 1.807) is 0 Å². The molecule has 1 heterocycles. The second-order valence-corrected chi connectivity index (χ2v) is 6.12. The second-order valence-electron chi connectivity index (χ2n) is 5.20. The van der Waals surface area contributed by atoms with Crippen molar-refractivity contribution in [3.63, 3.8) is 0 Å². The lowest BCUT2D eigenvalue weighted by molar-refractivity contribution is -0.122. The minimum Gasteiger partial charge on any atom is -0.493 e. The summed E-state index contributed by atoms with van der Waals surface area (Å²) in [5.41, 5.74) is 0. The van der Waals surface area contributed by atoms with Crippen LogP contribution in [0.15, 0.2) is 28.7 Å². The van der Waals surface area contributed by atoms with Gasteiger partial charge in [-0.15, -0.1) is 0 Å². The van der Waals surface area contributed by atoms with E-state index in [1.807, 2.05) is 24.3 Å². The van der Waals surface area contributed by atoms with E-state index >= 15 is 0 Å². The first-order valence-electron chi connectivity index (χ1n) is 7.04. The van der Waals surface area contributed by atoms with Crippen molar-refractivity contribution in [3.8, 4) is 5.75 Å². The molecule has 1 aliphatic heterocycles. The van der Waals surface area contributed by atoms with Gasteiger partial charge in [0.15, 0.2) is 0 Å². The van der Waals surface area contributed by atoms with Gasteiger partial charge in [0.25, 0.3) is 0 Å². The van der Waals surface area contributed by atoms with Gasteiger partial charge in [-0.1, -0.05) is 22.0 Å². The predicted octanol–water partition coefficient (Wildman–Crippen LogP) is 2.47. The molecule has 1 saturated heterocycles. The number of hydrogen-bond donors (Lipinski definition) is 2. The minimum absolute atomic E-state index is 0.0686. The molecule has 4 nitrogen and oxygen atoms in total. The van der Waals surface area contributed by atoms with Crippen molar-refractivity contribution >= 4 is 21.8 Å². The third-order valence-corrected chi connectivity index (χ3v) is 3.88. The SMILES string of the molecule is CC1CC(NC(=O)CCOc2cccc(Br)c2)CCN1. The summed E-state index contributed by atoms with van der Waals surface area (Å²) in [5, 5.41) is 6.45. The number of nitrogens with one attached hydrogen (secondary N) is 2. The van der Waals surface area contributed by atoms with Crippen molar-refractivity contribution in [2.24, 2.45) is 0 Å². The van der Waals surface area contributed by atoms with Crippen molar-refractivity contribution in [2.45, 2.75) is 38.3 Å². The summed E-state index contributed by atoms with van der Waals surface area (Å²) in [4.78, 5) is 11.9. The smallest absolute Gasteiger partial charge is 0.223 e. The van der Waals surface area contributed by atoms with Gasteiger partial charge in [-0.3, -0.25) is 4.79 Å². The molecule has 0 bridgehead atoms. The first-order chi connectivity index (χ1) is 9.63. The topological polar surface area (TPSA) is 50.4 Å². The van der Waals surface area contributed by atoms with Crippen LogP contribution in [0.25, 0.3) is 0 Å². The predicted molar refractivity (Wildman–Crippen MR) is 82.9 cm³/mol. The Kier molecular flexibility index (Phi) is 5.86. The van der Waals surface area contributed by atoms with Gasteiger partial charge >= 0.3 is 0 Å². The van der Waals surface area contributed by atoms with Crippen molar-refractivity contribution in [1.29, 1.82) is 0 Å². The van der Waals surface area contributed by atoms with Crippen LogP contribution in [0.1, 0.15) is 26.2 Å². The van der Waals surface area contributed by atoms with E-state index < -0.39 is 0 Å². The minimum atomic E-state index is 0.0686. The molecule has 2 atom stereocenters. The summed E-state index contributed by atoms with van der Waals surface area (Å²) in [6.45, 7) is 3.53. The van der Waals surface area contributed by atoms with Gasteiger partial charge < -0.3 is 15.4 Å². The van der Waals surface area contributed by atoms with Crippen LogP contribution >= 0.6 is 15.9 Å². The van der Waals surface area contributed by atoms with Crippen LogP contribution in [-0.2, 0) is 4.79 Å². The zero-order chi connectivity index (χ0) is 14.4. The summed E-state index contributed by atoms with van der Waals surface area (Å²) in [6, 6.07) is 8.41. The monoisotopic (exact) mass is 340 g/mol. The standard InChI is InChI=1S/C15H21BrN2O2/c1-11-9-13(5-7-17-11)18-15(19)6-8-20-14-4-2-3-12(16)10-14/h2-4,10-11,13,17H,5-9H2,1H3,(H,18,19). The van der Waals surface area contributed by atoms with Crippen molar-refractivity contribution in [1.82, 2.24) is 10.6 Å². The average Bonchev–Trinajstić information content (AvgIpc) is 2.38. The molecule has 1 aromatic rings. The fraction of sp³-hybridized carbons (Fsp3) is 0.533. The molecule has 1 amide bonds. The van der Waals surface area contributed by atoms with E-state index in [0.29, 0.717) is 25.1 Å². The maximum absolute atomic E-state index is 11.9. The van der Waals surface area contributed by atoms with Crippen LogP contribution in [0, 0.1) is 0 Å². The summed E-state index contributed by atoms with van der Waals surface area (Å²) >= 11 is 3.39. The molecule has 0 radical (unpaired) electrons. The first-order valence-corrected chi connectivity index (χ1v) is 7.84. The Morgan fingerprint density at radius 3 is 3.15 bits per heavy atom. The fourth-order valence-corrected chi connectivity index (χ4v) is 2.76. The largest absolute Gasteiger partial charge is 0.493 e. The van der Waals surface area contributed by atoms with Gasteiger partial charge in [0.1, 0.15) is 5.75 Å². The Bertz CT molecular complexity index is 453. The third kappa shape index (κ3) is 5.13. The molecule has 5 heteroatoms. The number of carbonyl (C=O) groups excluding carboxylic acids is 1. The van der Waals surface area contributed by atoms with Gasteiger partial charge in [-0.25, -0.2) is 0 Å². The molecule has 0 aliphatic carbocycles. The van der Waals surface area contributed by atoms with Crippen LogP contribution in [0.3, 0.4) is 0 Å². The molecule has 2 N–H and O–H groups in total. The van der Waals surface area contributed by atoms with E-state index in [2.05, 4.69) is 33.5 Å². The molecule has 2 rings (SSSR count). The zero-order valence-electron chi connectivity index (χ0n) is 11.7. The van der Waals surface area contributed by atoms with Crippen molar-refractivity contribution in [2.75, 3.05) is 13.2 Å². The molecule has 0 saturated carbocycles. The van der Waals surface area contributed by atoms with Gasteiger partial charge in [0.05, 0.1) is 13.0 Å². The Balaban J connectivity index is 1.67. The Morgan fingerprint density at radius 2 is 2.40 bits per heavy atom. The highest BCUT2D eigenvalue weighted by Crippen LogP contribution is 2.17. The average molecular weight is 341 g/mol. The summed E-state index contributed by atoms with van der Waals surface area (Å²) in [5.74, 6) is 0.849. The van der Waals surface area contributed by atoms with E-state index in [9.17, 15) is 4.79 Å². The summed E-state index contributed by atoms with van der Waals surface area (Å²) < 4.78 is 6.54. The van der Waals surface area contributed by atoms with E-state index in [0.717, 1.165) is 29.6 Å². The Labute approximate surface area is 128 Å². The molecule has 0 spiro atoms. The molecule has 20 heavy (non-hydrogen) atoms. The van der Waals surface area contributed by atoms with Crippen LogP contribution in [0.2, 0.25) is 0 Å². The lowest BCUT2D eigenvalue weighted by Crippen LogP contribution is -2.46. The van der Waals surface area contributed by atoms with Crippen LogP contribution < -0.4 is 15.4 Å². The van der Waals surface area contributed by atoms with Gasteiger partial charge in [0.2, 0.25) is 5.91 Å². The number of benzene rings is 1. The van der Waals surface area contributed by atoms with E-state index in [-0.39, 0.29) is 5.91 Å². The Morgan fingerprint density at radius 1 is 1.55 bits per heavy atom. The molecule has 0 aromatic heterocycles. The van der Waals surface area contributed by atoms with E-state index in [1.165, 1.54) is 0 Å². The maximum atomic E-state index is 11.9.